The highest BCUT2D eigenvalue weighted by Crippen LogP contribution is 2.47. The van der Waals surface area contributed by atoms with E-state index in [4.69, 9.17) is 0 Å². The van der Waals surface area contributed by atoms with Gasteiger partial charge in [0.15, 0.2) is 0 Å². The van der Waals surface area contributed by atoms with Crippen LogP contribution in [0.1, 0.15) is 43.3 Å². The van der Waals surface area contributed by atoms with Crippen LogP contribution in [-0.4, -0.2) is 28.6 Å². The van der Waals surface area contributed by atoms with Crippen LogP contribution in [0.5, 0.6) is 0 Å². The first-order valence-corrected chi connectivity index (χ1v) is 16.7. The predicted octanol–water partition coefficient (Wildman–Crippen LogP) is 9.75. The second kappa shape index (κ2) is 13.5. The van der Waals surface area contributed by atoms with E-state index in [2.05, 4.69) is 64.5 Å². The zero-order chi connectivity index (χ0) is 31.3. The molecule has 0 radical (unpaired) electrons. The number of nitrogens with zero attached hydrogens (tertiary/aromatic N) is 4. The minimum Gasteiger partial charge on any atom is -0.493 e. The van der Waals surface area contributed by atoms with Crippen LogP contribution in [0.2, 0.25) is 0 Å². The van der Waals surface area contributed by atoms with Gasteiger partial charge in [0.05, 0.1) is 22.1 Å². The summed E-state index contributed by atoms with van der Waals surface area (Å²) in [6, 6.07) is 31.0. The minimum absolute atomic E-state index is 0.0114. The van der Waals surface area contributed by atoms with E-state index in [-0.39, 0.29) is 11.8 Å². The van der Waals surface area contributed by atoms with E-state index >= 15 is 0 Å². The van der Waals surface area contributed by atoms with Crippen LogP contribution in [0, 0.1) is 0 Å². The maximum Gasteiger partial charge on any atom is 0.263 e. The molecule has 0 spiro atoms. The number of aliphatic hydroxyl groups excluding tert-OH is 2. The van der Waals surface area contributed by atoms with Crippen molar-refractivity contribution in [3.05, 3.63) is 130 Å². The van der Waals surface area contributed by atoms with Crippen LogP contribution in [-0.2, 0) is 6.54 Å². The SMILES string of the molecule is CCC(=Cc1sc2cc(N=C(O)c3ccccc3)ccc2[n+]1CC)C=C1Sc2cc(N=C(O)c3ccccc3)ccc2N1CC. The number of aliphatic hydroxyl groups is 2. The van der Waals surface area contributed by atoms with Crippen molar-refractivity contribution in [3.63, 3.8) is 0 Å². The molecule has 0 saturated heterocycles. The largest absolute Gasteiger partial charge is 0.493 e. The van der Waals surface area contributed by atoms with E-state index in [1.54, 1.807) is 23.1 Å². The van der Waals surface area contributed by atoms with Crippen molar-refractivity contribution in [3.8, 4) is 0 Å². The first-order chi connectivity index (χ1) is 22.0. The summed E-state index contributed by atoms with van der Waals surface area (Å²) in [6.07, 6.45) is 5.46. The Kier molecular flexibility index (Phi) is 9.14. The first kappa shape index (κ1) is 30.4. The molecule has 1 aliphatic rings. The first-order valence-electron chi connectivity index (χ1n) is 15.1. The number of hydrogen-bond acceptors (Lipinski definition) is 5. The number of aliphatic imine (C=N–C) groups is 2. The highest BCUT2D eigenvalue weighted by molar-refractivity contribution is 8.03. The van der Waals surface area contributed by atoms with Gasteiger partial charge in [0.25, 0.3) is 5.01 Å². The zero-order valence-corrected chi connectivity index (χ0v) is 27.1. The van der Waals surface area contributed by atoms with Crippen molar-refractivity contribution in [2.75, 3.05) is 11.4 Å². The zero-order valence-electron chi connectivity index (χ0n) is 25.5. The molecule has 0 unspecified atom stereocenters. The van der Waals surface area contributed by atoms with E-state index in [1.165, 1.54) is 15.6 Å². The van der Waals surface area contributed by atoms with Crippen molar-refractivity contribution in [2.24, 2.45) is 9.98 Å². The lowest BCUT2D eigenvalue weighted by molar-refractivity contribution is -0.665. The molecule has 0 aliphatic carbocycles. The molecule has 1 aromatic heterocycles. The number of rotatable bonds is 9. The van der Waals surface area contributed by atoms with Gasteiger partial charge < -0.3 is 15.1 Å². The fraction of sp³-hybridized carbons (Fsp3) is 0.162. The maximum absolute atomic E-state index is 10.6. The van der Waals surface area contributed by atoms with Gasteiger partial charge in [-0.25, -0.2) is 9.98 Å². The molecule has 6 nitrogen and oxygen atoms in total. The van der Waals surface area contributed by atoms with Crippen LogP contribution in [0.3, 0.4) is 0 Å². The van der Waals surface area contributed by atoms with Gasteiger partial charge in [-0.2, -0.15) is 4.57 Å². The summed E-state index contributed by atoms with van der Waals surface area (Å²) >= 11 is 3.47. The monoisotopic (exact) mass is 631 g/mol. The Hall–Kier alpha value is -4.66. The lowest BCUT2D eigenvalue weighted by atomic mass is 10.2. The predicted molar refractivity (Wildman–Crippen MR) is 190 cm³/mol. The summed E-state index contributed by atoms with van der Waals surface area (Å²) in [6.45, 7) is 8.21. The summed E-state index contributed by atoms with van der Waals surface area (Å²) in [5, 5.41) is 23.5. The lowest BCUT2D eigenvalue weighted by Gasteiger charge is -2.18. The highest BCUT2D eigenvalue weighted by Gasteiger charge is 2.25. The van der Waals surface area contributed by atoms with Crippen LogP contribution in [0.25, 0.3) is 16.3 Å². The van der Waals surface area contributed by atoms with Gasteiger partial charge in [0, 0.05) is 34.7 Å². The Bertz CT molecular complexity index is 1960. The van der Waals surface area contributed by atoms with Crippen molar-refractivity contribution in [1.82, 2.24) is 0 Å². The van der Waals surface area contributed by atoms with E-state index in [0.29, 0.717) is 11.1 Å². The van der Waals surface area contributed by atoms with Gasteiger partial charge in [-0.15, -0.1) is 0 Å². The van der Waals surface area contributed by atoms with Crippen LogP contribution >= 0.6 is 23.1 Å². The van der Waals surface area contributed by atoms with Crippen LogP contribution in [0.15, 0.2) is 129 Å². The topological polar surface area (TPSA) is 72.3 Å². The minimum atomic E-state index is 0.0114. The number of allylic oxidation sites excluding steroid dienone is 2. The molecule has 8 heteroatoms. The van der Waals surface area contributed by atoms with Gasteiger partial charge in [-0.1, -0.05) is 66.4 Å². The van der Waals surface area contributed by atoms with Crippen molar-refractivity contribution >= 4 is 68.2 Å². The standard InChI is InChI=1S/C37H34N4O2S2/c1-4-25(21-34-40(5-2)30-19-17-28(23-32(30)44-34)38-36(42)26-13-9-7-10-14-26)22-35-41(6-3)31-20-18-29(24-33(31)45-35)39-37(43)27-15-11-8-12-16-27/h7-24H,4-6H2,1-3H3,(H-,38,39,42,43)/p+1. The molecule has 0 amide bonds. The Labute approximate surface area is 272 Å². The number of aromatic nitrogens is 1. The molecule has 0 bridgehead atoms. The Morgan fingerprint density at radius 1 is 0.800 bits per heavy atom. The third-order valence-corrected chi connectivity index (χ3v) is 9.81. The Balaban J connectivity index is 1.29. The number of thiazole rings is 1. The third-order valence-electron chi connectivity index (χ3n) is 7.62. The van der Waals surface area contributed by atoms with Crippen molar-refractivity contribution in [2.45, 2.75) is 38.6 Å². The van der Waals surface area contributed by atoms with Crippen molar-refractivity contribution < 1.29 is 14.8 Å². The third kappa shape index (κ3) is 6.57. The maximum atomic E-state index is 10.6. The van der Waals surface area contributed by atoms with E-state index < -0.39 is 0 Å². The number of thioether (sulfide) groups is 1. The molecule has 5 aromatic rings. The summed E-state index contributed by atoms with van der Waals surface area (Å²) in [5.74, 6) is 0.0229. The second-order valence-electron chi connectivity index (χ2n) is 10.5. The number of fused-ring (bicyclic) bond motifs is 2. The molecule has 1 aliphatic heterocycles. The van der Waals surface area contributed by atoms with E-state index in [9.17, 15) is 10.2 Å². The van der Waals surface area contributed by atoms with Gasteiger partial charge in [0.2, 0.25) is 17.3 Å². The quantitative estimate of drug-likeness (QED) is 0.0965. The number of aryl methyl sites for hydroxylation is 1. The smallest absolute Gasteiger partial charge is 0.263 e. The number of hydrogen-bond donors (Lipinski definition) is 2. The summed E-state index contributed by atoms with van der Waals surface area (Å²) < 4.78 is 3.45. The fourth-order valence-electron chi connectivity index (χ4n) is 5.31. The van der Waals surface area contributed by atoms with Gasteiger partial charge in [-0.3, -0.25) is 0 Å². The van der Waals surface area contributed by atoms with E-state index in [1.807, 2.05) is 84.9 Å². The molecule has 0 atom stereocenters. The summed E-state index contributed by atoms with van der Waals surface area (Å²) in [5.41, 5.74) is 6.37. The lowest BCUT2D eigenvalue weighted by Crippen LogP contribution is -2.33. The number of benzene rings is 4. The fourth-order valence-corrected chi connectivity index (χ4v) is 7.78. The molecule has 2 heterocycles. The molecule has 226 valence electrons. The molecule has 0 fully saturated rings. The van der Waals surface area contributed by atoms with E-state index in [0.717, 1.165) is 51.7 Å². The summed E-state index contributed by atoms with van der Waals surface area (Å²) in [7, 11) is 0. The van der Waals surface area contributed by atoms with Crippen LogP contribution in [0.4, 0.5) is 17.1 Å². The van der Waals surface area contributed by atoms with Crippen molar-refractivity contribution in [1.29, 1.82) is 0 Å². The molecule has 4 aromatic carbocycles. The molecular formula is C37H35N4O2S2+. The average Bonchev–Trinajstić information content (AvgIpc) is 3.60. The summed E-state index contributed by atoms with van der Waals surface area (Å²) in [4.78, 5) is 12.4. The molecule has 6 rings (SSSR count). The molecule has 45 heavy (non-hydrogen) atoms. The average molecular weight is 632 g/mol. The molecule has 0 saturated carbocycles. The van der Waals surface area contributed by atoms with Gasteiger partial charge in [-0.05, 0) is 86.5 Å². The van der Waals surface area contributed by atoms with Crippen LogP contribution < -0.4 is 9.47 Å². The second-order valence-corrected chi connectivity index (χ2v) is 12.6. The Morgan fingerprint density at radius 2 is 1.42 bits per heavy atom. The van der Waals surface area contributed by atoms with Gasteiger partial charge >= 0.3 is 0 Å². The van der Waals surface area contributed by atoms with Gasteiger partial charge in [0.1, 0.15) is 11.2 Å². The normalized spacial score (nSPS) is 14.9. The highest BCUT2D eigenvalue weighted by atomic mass is 32.2. The Morgan fingerprint density at radius 3 is 2.02 bits per heavy atom. The molecule has 2 N–H and O–H groups in total. The molecular weight excluding hydrogens is 597 g/mol. The number of anilines is 1.